The predicted molar refractivity (Wildman–Crippen MR) is 128 cm³/mol. The molecule has 0 amide bonds. The Kier molecular flexibility index (Phi) is 6.30. The molecule has 6 heteroatoms. The molecule has 1 aliphatic carbocycles. The maximum absolute atomic E-state index is 10.9. The molecule has 5 rings (SSSR count). The lowest BCUT2D eigenvalue weighted by Gasteiger charge is -2.26. The summed E-state index contributed by atoms with van der Waals surface area (Å²) in [5.74, 6) is 0.411. The van der Waals surface area contributed by atoms with Gasteiger partial charge in [0, 0.05) is 42.5 Å². The second kappa shape index (κ2) is 9.31. The average molecular weight is 440 g/mol. The molecule has 1 N–H and O–H groups in total. The molecule has 5 nitrogen and oxygen atoms in total. The van der Waals surface area contributed by atoms with Crippen molar-refractivity contribution >= 4 is 32.3 Å². The molecule has 2 aromatic carbocycles. The van der Waals surface area contributed by atoms with E-state index >= 15 is 0 Å². The zero-order chi connectivity index (χ0) is 21.2. The van der Waals surface area contributed by atoms with E-state index in [0.717, 1.165) is 67.0 Å². The zero-order valence-corrected chi connectivity index (χ0v) is 19.3. The Hall–Kier alpha value is -1.89. The Morgan fingerprint density at radius 3 is 2.58 bits per heavy atom. The Labute approximate surface area is 188 Å². The van der Waals surface area contributed by atoms with E-state index in [-0.39, 0.29) is 0 Å². The maximum Gasteiger partial charge on any atom is 0.186 e. The van der Waals surface area contributed by atoms with E-state index in [1.54, 1.807) is 11.3 Å². The van der Waals surface area contributed by atoms with Crippen LogP contribution in [0.1, 0.15) is 44.1 Å². The highest BCUT2D eigenvalue weighted by molar-refractivity contribution is 7.16. The number of phenolic OH excluding ortho intramolecular Hbond substituents is 1. The molecule has 3 aromatic rings. The number of morpholine rings is 1. The minimum Gasteiger partial charge on any atom is -0.507 e. The number of thiazole rings is 1. The lowest BCUT2D eigenvalue weighted by Crippen LogP contribution is -2.37. The van der Waals surface area contributed by atoms with E-state index in [1.807, 2.05) is 19.1 Å². The first-order valence-electron chi connectivity index (χ1n) is 11.8. The average Bonchev–Trinajstić information content (AvgIpc) is 3.17. The van der Waals surface area contributed by atoms with E-state index in [9.17, 15) is 5.11 Å². The summed E-state index contributed by atoms with van der Waals surface area (Å²) >= 11 is 1.76. The van der Waals surface area contributed by atoms with Crippen molar-refractivity contribution in [3.8, 4) is 5.75 Å². The van der Waals surface area contributed by atoms with Gasteiger partial charge < -0.3 is 14.4 Å². The summed E-state index contributed by atoms with van der Waals surface area (Å²) in [6.07, 6.45) is 7.42. The van der Waals surface area contributed by atoms with Crippen LogP contribution in [-0.4, -0.2) is 53.5 Å². The molecule has 0 spiro atoms. The summed E-state index contributed by atoms with van der Waals surface area (Å²) in [6, 6.07) is 8.70. The molecule has 2 heterocycles. The van der Waals surface area contributed by atoms with Gasteiger partial charge in [-0.2, -0.15) is 0 Å². The summed E-state index contributed by atoms with van der Waals surface area (Å²) < 4.78 is 9.13. The van der Waals surface area contributed by atoms with Crippen LogP contribution in [0.5, 0.6) is 5.75 Å². The summed E-state index contributed by atoms with van der Waals surface area (Å²) in [5.41, 5.74) is 2.22. The molecule has 0 bridgehead atoms. The van der Waals surface area contributed by atoms with Gasteiger partial charge in [-0.05, 0) is 26.2 Å². The van der Waals surface area contributed by atoms with Gasteiger partial charge in [0.2, 0.25) is 0 Å². The maximum atomic E-state index is 10.9. The fraction of sp³-hybridized carbons (Fsp3) is 0.560. The fourth-order valence-corrected chi connectivity index (χ4v) is 6.33. The van der Waals surface area contributed by atoms with Gasteiger partial charge in [0.25, 0.3) is 0 Å². The van der Waals surface area contributed by atoms with E-state index in [2.05, 4.69) is 21.6 Å². The van der Waals surface area contributed by atoms with Crippen molar-refractivity contribution in [3.05, 3.63) is 34.6 Å². The first-order chi connectivity index (χ1) is 15.2. The zero-order valence-electron chi connectivity index (χ0n) is 18.5. The minimum absolute atomic E-state index is 0.411. The number of hydrogen-bond donors (Lipinski definition) is 1. The molecule has 2 aliphatic rings. The molecule has 2 fully saturated rings. The molecule has 1 saturated heterocycles. The lowest BCUT2D eigenvalue weighted by molar-refractivity contribution is 0.0369. The van der Waals surface area contributed by atoms with Gasteiger partial charge in [-0.1, -0.05) is 54.9 Å². The topological polar surface area (TPSA) is 50.0 Å². The number of aromatic nitrogens is 1. The normalized spacial score (nSPS) is 19.6. The van der Waals surface area contributed by atoms with Gasteiger partial charge in [-0.3, -0.25) is 9.89 Å². The van der Waals surface area contributed by atoms with Crippen molar-refractivity contribution in [2.75, 3.05) is 32.8 Å². The van der Waals surface area contributed by atoms with Crippen LogP contribution in [0.15, 0.2) is 29.3 Å². The number of nitrogens with zero attached hydrogens (tertiary/aromatic N) is 3. The monoisotopic (exact) mass is 439 g/mol. The molecular formula is C25H33N3O2S. The highest BCUT2D eigenvalue weighted by Crippen LogP contribution is 2.38. The molecule has 1 aromatic heterocycles. The van der Waals surface area contributed by atoms with Crippen LogP contribution in [0.4, 0.5) is 0 Å². The summed E-state index contributed by atoms with van der Waals surface area (Å²) in [7, 11) is 0. The molecule has 0 unspecified atom stereocenters. The first kappa shape index (κ1) is 21.0. The molecule has 166 valence electrons. The molecule has 1 aliphatic heterocycles. The highest BCUT2D eigenvalue weighted by Gasteiger charge is 2.19. The number of fused-ring (bicyclic) bond motifs is 3. The van der Waals surface area contributed by atoms with Crippen LogP contribution in [0.3, 0.4) is 0 Å². The number of aromatic hydroxyl groups is 1. The summed E-state index contributed by atoms with van der Waals surface area (Å²) in [5, 5.41) is 12.9. The quantitative estimate of drug-likeness (QED) is 0.620. The van der Waals surface area contributed by atoms with Crippen molar-refractivity contribution in [1.29, 1.82) is 0 Å². The van der Waals surface area contributed by atoms with Gasteiger partial charge in [0.15, 0.2) is 4.80 Å². The van der Waals surface area contributed by atoms with Crippen molar-refractivity contribution in [2.24, 2.45) is 4.99 Å². The lowest BCUT2D eigenvalue weighted by atomic mass is 9.96. The van der Waals surface area contributed by atoms with Crippen molar-refractivity contribution in [2.45, 2.75) is 58.0 Å². The Morgan fingerprint density at radius 1 is 1.06 bits per heavy atom. The molecular weight excluding hydrogens is 406 g/mol. The smallest absolute Gasteiger partial charge is 0.186 e. The van der Waals surface area contributed by atoms with E-state index in [1.165, 1.54) is 42.3 Å². The Balaban J connectivity index is 1.58. The van der Waals surface area contributed by atoms with Crippen LogP contribution in [-0.2, 0) is 11.3 Å². The highest BCUT2D eigenvalue weighted by atomic mass is 32.1. The van der Waals surface area contributed by atoms with Crippen molar-refractivity contribution in [1.82, 2.24) is 9.47 Å². The van der Waals surface area contributed by atoms with E-state index in [0.29, 0.717) is 11.8 Å². The summed E-state index contributed by atoms with van der Waals surface area (Å²) in [6.45, 7) is 7.85. The van der Waals surface area contributed by atoms with Gasteiger partial charge >= 0.3 is 0 Å². The molecule has 0 radical (unpaired) electrons. The van der Waals surface area contributed by atoms with Crippen LogP contribution in [0, 0.1) is 6.92 Å². The predicted octanol–water partition coefficient (Wildman–Crippen LogP) is 4.83. The van der Waals surface area contributed by atoms with Crippen LogP contribution >= 0.6 is 11.3 Å². The van der Waals surface area contributed by atoms with Crippen LogP contribution < -0.4 is 4.80 Å². The van der Waals surface area contributed by atoms with E-state index < -0.39 is 0 Å². The van der Waals surface area contributed by atoms with Gasteiger partial charge in [-0.25, -0.2) is 0 Å². The van der Waals surface area contributed by atoms with Crippen molar-refractivity contribution < 1.29 is 9.84 Å². The third-order valence-electron chi connectivity index (χ3n) is 6.87. The van der Waals surface area contributed by atoms with E-state index in [4.69, 9.17) is 9.73 Å². The van der Waals surface area contributed by atoms with Crippen LogP contribution in [0.25, 0.3) is 21.0 Å². The number of benzene rings is 2. The van der Waals surface area contributed by atoms with Gasteiger partial charge in [-0.15, -0.1) is 0 Å². The largest absolute Gasteiger partial charge is 0.507 e. The number of phenols is 1. The SMILES string of the molecule is Cc1c(O)c2ccccc2c2c1sc(=NC1CCCCC1)n2CCCN1CCOCC1. The number of rotatable bonds is 5. The van der Waals surface area contributed by atoms with Crippen molar-refractivity contribution in [3.63, 3.8) is 0 Å². The second-order valence-electron chi connectivity index (χ2n) is 8.96. The second-order valence-corrected chi connectivity index (χ2v) is 9.94. The molecule has 0 atom stereocenters. The number of ether oxygens (including phenoxy) is 1. The third kappa shape index (κ3) is 4.26. The number of hydrogen-bond acceptors (Lipinski definition) is 5. The minimum atomic E-state index is 0.411. The first-order valence-corrected chi connectivity index (χ1v) is 12.6. The standard InChI is InChI=1S/C25H33N3O2S/c1-18-23(29)21-11-6-5-10-20(21)22-24(18)31-25(26-19-8-3-2-4-9-19)28(22)13-7-12-27-14-16-30-17-15-27/h5-6,10-11,19,29H,2-4,7-9,12-17H2,1H3. The van der Waals surface area contributed by atoms with Crippen LogP contribution in [0.2, 0.25) is 0 Å². The van der Waals surface area contributed by atoms with Gasteiger partial charge in [0.1, 0.15) is 5.75 Å². The number of aryl methyl sites for hydroxylation is 2. The fourth-order valence-electron chi connectivity index (χ4n) is 5.09. The molecule has 31 heavy (non-hydrogen) atoms. The third-order valence-corrected chi connectivity index (χ3v) is 8.08. The Morgan fingerprint density at radius 2 is 1.81 bits per heavy atom. The summed E-state index contributed by atoms with van der Waals surface area (Å²) in [4.78, 5) is 8.90. The van der Waals surface area contributed by atoms with Gasteiger partial charge in [0.05, 0.1) is 29.5 Å². The Bertz CT molecular complexity index is 1120. The molecule has 1 saturated carbocycles.